The molecule has 86 valence electrons. The fraction of sp³-hybridized carbons (Fsp3) is 0.500. The maximum Gasteiger partial charge on any atom is 0.310 e. The Kier molecular flexibility index (Phi) is 3.28. The lowest BCUT2D eigenvalue weighted by molar-refractivity contribution is -0.139. The number of carboxylic acid groups (broad SMARTS) is 1. The van der Waals surface area contributed by atoms with Gasteiger partial charge in [0.1, 0.15) is 0 Å². The molecule has 1 aromatic rings. The highest BCUT2D eigenvalue weighted by Crippen LogP contribution is 2.36. The largest absolute Gasteiger partial charge is 0.481 e. The molecule has 0 radical (unpaired) electrons. The summed E-state index contributed by atoms with van der Waals surface area (Å²) in [4.78, 5) is 11.3. The molecule has 0 bridgehead atoms. The summed E-state index contributed by atoms with van der Waals surface area (Å²) in [5, 5.41) is 9.29. The van der Waals surface area contributed by atoms with E-state index < -0.39 is 5.97 Å². The molecule has 1 fully saturated rings. The van der Waals surface area contributed by atoms with Crippen LogP contribution in [0, 0.1) is 12.8 Å². The Morgan fingerprint density at radius 3 is 2.75 bits per heavy atom. The molecular weight excluding hydrogens is 200 g/mol. The van der Waals surface area contributed by atoms with Crippen LogP contribution in [0.2, 0.25) is 0 Å². The molecule has 0 heterocycles. The summed E-state index contributed by atoms with van der Waals surface area (Å²) in [5.41, 5.74) is 2.09. The van der Waals surface area contributed by atoms with Gasteiger partial charge in [-0.3, -0.25) is 4.79 Å². The lowest BCUT2D eigenvalue weighted by Crippen LogP contribution is -2.20. The van der Waals surface area contributed by atoms with Gasteiger partial charge in [-0.25, -0.2) is 0 Å². The van der Waals surface area contributed by atoms with E-state index in [0.717, 1.165) is 17.5 Å². The lowest BCUT2D eigenvalue weighted by Gasteiger charge is -2.28. The van der Waals surface area contributed by atoms with Crippen molar-refractivity contribution in [2.45, 2.75) is 38.5 Å². The highest BCUT2D eigenvalue weighted by Gasteiger charge is 2.27. The number of carbonyl (C=O) groups is 1. The first kappa shape index (κ1) is 11.2. The van der Waals surface area contributed by atoms with E-state index >= 15 is 0 Å². The first-order chi connectivity index (χ1) is 7.66. The second kappa shape index (κ2) is 4.69. The Morgan fingerprint density at radius 1 is 1.50 bits per heavy atom. The number of hydrogen-bond acceptors (Lipinski definition) is 1. The van der Waals surface area contributed by atoms with Gasteiger partial charge in [0, 0.05) is 0 Å². The molecule has 0 amide bonds. The Bertz CT molecular complexity index is 380. The molecule has 1 unspecified atom stereocenters. The smallest absolute Gasteiger partial charge is 0.310 e. The molecule has 2 heteroatoms. The summed E-state index contributed by atoms with van der Waals surface area (Å²) in [6.07, 6.45) is 4.48. The molecule has 2 nitrogen and oxygen atoms in total. The van der Waals surface area contributed by atoms with Gasteiger partial charge in [0.25, 0.3) is 0 Å². The molecule has 1 saturated carbocycles. The van der Waals surface area contributed by atoms with Crippen molar-refractivity contribution in [1.29, 1.82) is 0 Å². The third-order valence-corrected chi connectivity index (χ3v) is 3.54. The molecule has 1 atom stereocenters. The van der Waals surface area contributed by atoms with E-state index in [1.807, 2.05) is 31.2 Å². The van der Waals surface area contributed by atoms with Crippen molar-refractivity contribution in [3.63, 3.8) is 0 Å². The number of aliphatic carboxylic acids is 1. The van der Waals surface area contributed by atoms with Crippen molar-refractivity contribution < 1.29 is 9.90 Å². The molecule has 2 rings (SSSR count). The number of rotatable bonds is 4. The zero-order valence-electron chi connectivity index (χ0n) is 9.65. The zero-order valence-corrected chi connectivity index (χ0v) is 9.65. The number of aryl methyl sites for hydroxylation is 1. The van der Waals surface area contributed by atoms with Crippen molar-refractivity contribution in [3.05, 3.63) is 35.4 Å². The van der Waals surface area contributed by atoms with E-state index in [0.29, 0.717) is 5.92 Å². The van der Waals surface area contributed by atoms with Gasteiger partial charge < -0.3 is 5.11 Å². The van der Waals surface area contributed by atoms with Crippen LogP contribution in [-0.4, -0.2) is 11.1 Å². The highest BCUT2D eigenvalue weighted by atomic mass is 16.4. The van der Waals surface area contributed by atoms with E-state index in [1.54, 1.807) is 0 Å². The van der Waals surface area contributed by atoms with Gasteiger partial charge >= 0.3 is 5.97 Å². The van der Waals surface area contributed by atoms with Crippen LogP contribution in [0.25, 0.3) is 0 Å². The van der Waals surface area contributed by atoms with Crippen molar-refractivity contribution in [2.24, 2.45) is 5.92 Å². The Hall–Kier alpha value is -1.31. The fourth-order valence-electron chi connectivity index (χ4n) is 2.33. The average Bonchev–Trinajstić information content (AvgIpc) is 2.15. The van der Waals surface area contributed by atoms with Gasteiger partial charge in [0.15, 0.2) is 0 Å². The third kappa shape index (κ3) is 2.43. The summed E-state index contributed by atoms with van der Waals surface area (Å²) < 4.78 is 0. The SMILES string of the molecule is Cc1cccc(C(CC2CCC2)C(=O)O)c1. The standard InChI is InChI=1S/C14H18O2/c1-10-4-2-7-12(8-10)13(14(15)16)9-11-5-3-6-11/h2,4,7-8,11,13H,3,5-6,9H2,1H3,(H,15,16). The molecule has 1 N–H and O–H groups in total. The number of carboxylic acids is 1. The molecule has 1 aromatic carbocycles. The Morgan fingerprint density at radius 2 is 2.25 bits per heavy atom. The van der Waals surface area contributed by atoms with Crippen molar-refractivity contribution in [3.8, 4) is 0 Å². The molecule has 1 aliphatic carbocycles. The molecule has 0 saturated heterocycles. The van der Waals surface area contributed by atoms with Gasteiger partial charge in [0.05, 0.1) is 5.92 Å². The Balaban J connectivity index is 2.14. The minimum atomic E-state index is -0.683. The van der Waals surface area contributed by atoms with Crippen molar-refractivity contribution >= 4 is 5.97 Å². The summed E-state index contributed by atoms with van der Waals surface area (Å²) in [6.45, 7) is 2.01. The van der Waals surface area contributed by atoms with Crippen LogP contribution < -0.4 is 0 Å². The third-order valence-electron chi connectivity index (χ3n) is 3.54. The van der Waals surface area contributed by atoms with E-state index in [2.05, 4.69) is 0 Å². The highest BCUT2D eigenvalue weighted by molar-refractivity contribution is 5.76. The van der Waals surface area contributed by atoms with Crippen LogP contribution in [-0.2, 0) is 4.79 Å². The first-order valence-corrected chi connectivity index (χ1v) is 5.96. The minimum absolute atomic E-state index is 0.315. The summed E-state index contributed by atoms with van der Waals surface area (Å²) in [6, 6.07) is 7.88. The summed E-state index contributed by atoms with van der Waals surface area (Å²) in [5.74, 6) is -0.371. The second-order valence-electron chi connectivity index (χ2n) is 4.84. The normalized spacial score (nSPS) is 17.8. The average molecular weight is 218 g/mol. The predicted octanol–water partition coefficient (Wildman–Crippen LogP) is 3.35. The molecule has 0 aliphatic heterocycles. The van der Waals surface area contributed by atoms with Gasteiger partial charge in [-0.15, -0.1) is 0 Å². The van der Waals surface area contributed by atoms with Crippen molar-refractivity contribution in [1.82, 2.24) is 0 Å². The summed E-state index contributed by atoms with van der Waals surface area (Å²) >= 11 is 0. The maximum absolute atomic E-state index is 11.3. The lowest BCUT2D eigenvalue weighted by atomic mass is 9.77. The van der Waals surface area contributed by atoms with Gasteiger partial charge in [0.2, 0.25) is 0 Å². The Labute approximate surface area is 96.3 Å². The van der Waals surface area contributed by atoms with E-state index in [4.69, 9.17) is 0 Å². The second-order valence-corrected chi connectivity index (χ2v) is 4.84. The van der Waals surface area contributed by atoms with Gasteiger partial charge in [-0.2, -0.15) is 0 Å². The first-order valence-electron chi connectivity index (χ1n) is 5.96. The molecule has 0 spiro atoms. The quantitative estimate of drug-likeness (QED) is 0.841. The predicted molar refractivity (Wildman–Crippen MR) is 63.5 cm³/mol. The topological polar surface area (TPSA) is 37.3 Å². The minimum Gasteiger partial charge on any atom is -0.481 e. The fourth-order valence-corrected chi connectivity index (χ4v) is 2.33. The van der Waals surface area contributed by atoms with Crippen LogP contribution in [0.15, 0.2) is 24.3 Å². The van der Waals surface area contributed by atoms with Gasteiger partial charge in [-0.05, 0) is 24.8 Å². The summed E-state index contributed by atoms with van der Waals surface area (Å²) in [7, 11) is 0. The molecule has 1 aliphatic rings. The van der Waals surface area contributed by atoms with Crippen LogP contribution in [0.3, 0.4) is 0 Å². The maximum atomic E-state index is 11.3. The van der Waals surface area contributed by atoms with Crippen LogP contribution in [0.4, 0.5) is 0 Å². The number of hydrogen-bond donors (Lipinski definition) is 1. The van der Waals surface area contributed by atoms with E-state index in [1.165, 1.54) is 19.3 Å². The number of benzene rings is 1. The van der Waals surface area contributed by atoms with Crippen LogP contribution in [0.1, 0.15) is 42.7 Å². The van der Waals surface area contributed by atoms with Crippen molar-refractivity contribution in [2.75, 3.05) is 0 Å². The monoisotopic (exact) mass is 218 g/mol. The van der Waals surface area contributed by atoms with E-state index in [-0.39, 0.29) is 5.92 Å². The molecule has 0 aromatic heterocycles. The zero-order chi connectivity index (χ0) is 11.5. The van der Waals surface area contributed by atoms with Gasteiger partial charge in [-0.1, -0.05) is 49.1 Å². The van der Waals surface area contributed by atoms with Crippen LogP contribution in [0.5, 0.6) is 0 Å². The van der Waals surface area contributed by atoms with E-state index in [9.17, 15) is 9.90 Å². The van der Waals surface area contributed by atoms with Crippen LogP contribution >= 0.6 is 0 Å². The molecule has 16 heavy (non-hydrogen) atoms. The molecular formula is C14H18O2.